The van der Waals surface area contributed by atoms with E-state index in [9.17, 15) is 0 Å². The molecule has 1 aromatic heterocycles. The predicted molar refractivity (Wildman–Crippen MR) is 80.1 cm³/mol. The van der Waals surface area contributed by atoms with Gasteiger partial charge in [0.05, 0.1) is 18.2 Å². The molecule has 1 heterocycles. The summed E-state index contributed by atoms with van der Waals surface area (Å²) in [6.45, 7) is 9.74. The highest BCUT2D eigenvalue weighted by molar-refractivity contribution is 5.87. The Hall–Kier alpha value is -1.32. The molecule has 0 aliphatic carbocycles. The zero-order valence-electron chi connectivity index (χ0n) is 12.3. The van der Waals surface area contributed by atoms with Crippen molar-refractivity contribution in [2.24, 2.45) is 5.73 Å². The molecule has 0 aliphatic heterocycles. The molecule has 3 nitrogen and oxygen atoms in total. The van der Waals surface area contributed by atoms with Crippen molar-refractivity contribution in [3.63, 3.8) is 0 Å². The Kier molecular flexibility index (Phi) is 4.27. The first-order valence-corrected chi connectivity index (χ1v) is 6.97. The van der Waals surface area contributed by atoms with Crippen LogP contribution in [0.15, 0.2) is 24.4 Å². The SMILES string of the molecule is CC(C)OCc1cn(C(C)C)c2c(CN)cccc12. The van der Waals surface area contributed by atoms with Crippen LogP contribution in [-0.2, 0) is 17.9 Å². The van der Waals surface area contributed by atoms with Crippen molar-refractivity contribution in [2.45, 2.75) is 53.0 Å². The lowest BCUT2D eigenvalue weighted by molar-refractivity contribution is 0.0663. The second-order valence-corrected chi connectivity index (χ2v) is 5.53. The van der Waals surface area contributed by atoms with E-state index in [4.69, 9.17) is 10.5 Å². The Morgan fingerprint density at radius 1 is 1.16 bits per heavy atom. The fourth-order valence-electron chi connectivity index (χ4n) is 2.40. The van der Waals surface area contributed by atoms with E-state index in [1.54, 1.807) is 0 Å². The van der Waals surface area contributed by atoms with Gasteiger partial charge in [-0.25, -0.2) is 0 Å². The van der Waals surface area contributed by atoms with Crippen LogP contribution in [0, 0.1) is 0 Å². The third-order valence-electron chi connectivity index (χ3n) is 3.37. The van der Waals surface area contributed by atoms with Crippen molar-refractivity contribution in [3.05, 3.63) is 35.5 Å². The molecule has 1 aromatic carbocycles. The van der Waals surface area contributed by atoms with Crippen LogP contribution in [0.25, 0.3) is 10.9 Å². The Bertz CT molecular complexity index is 555. The van der Waals surface area contributed by atoms with E-state index < -0.39 is 0 Å². The molecule has 0 saturated carbocycles. The average Bonchev–Trinajstić information content (AvgIpc) is 2.75. The number of ether oxygens (including phenoxy) is 1. The van der Waals surface area contributed by atoms with Crippen LogP contribution in [0.4, 0.5) is 0 Å². The normalized spacial score (nSPS) is 11.9. The summed E-state index contributed by atoms with van der Waals surface area (Å²) < 4.78 is 8.06. The Labute approximate surface area is 115 Å². The number of nitrogens with zero attached hydrogens (tertiary/aromatic N) is 1. The largest absolute Gasteiger partial charge is 0.374 e. The van der Waals surface area contributed by atoms with Gasteiger partial charge >= 0.3 is 0 Å². The monoisotopic (exact) mass is 260 g/mol. The summed E-state index contributed by atoms with van der Waals surface area (Å²) in [5, 5.41) is 1.26. The van der Waals surface area contributed by atoms with Crippen LogP contribution in [0.1, 0.15) is 44.9 Å². The van der Waals surface area contributed by atoms with Crippen LogP contribution >= 0.6 is 0 Å². The molecule has 0 fully saturated rings. The first-order chi connectivity index (χ1) is 9.04. The third kappa shape index (κ3) is 2.82. The van der Waals surface area contributed by atoms with Gasteiger partial charge < -0.3 is 15.0 Å². The maximum absolute atomic E-state index is 5.87. The maximum atomic E-state index is 5.87. The van der Waals surface area contributed by atoms with Crippen molar-refractivity contribution in [1.82, 2.24) is 4.57 Å². The summed E-state index contributed by atoms with van der Waals surface area (Å²) >= 11 is 0. The number of para-hydroxylation sites is 1. The van der Waals surface area contributed by atoms with Gasteiger partial charge in [-0.05, 0) is 33.3 Å². The third-order valence-corrected chi connectivity index (χ3v) is 3.37. The van der Waals surface area contributed by atoms with Crippen molar-refractivity contribution < 1.29 is 4.74 Å². The van der Waals surface area contributed by atoms with Crippen molar-refractivity contribution in [1.29, 1.82) is 0 Å². The molecule has 0 radical (unpaired) electrons. The van der Waals surface area contributed by atoms with Gasteiger partial charge in [0.25, 0.3) is 0 Å². The van der Waals surface area contributed by atoms with Crippen molar-refractivity contribution in [2.75, 3.05) is 0 Å². The molecule has 0 spiro atoms. The second-order valence-electron chi connectivity index (χ2n) is 5.53. The van der Waals surface area contributed by atoms with Gasteiger partial charge in [-0.3, -0.25) is 0 Å². The fourth-order valence-corrected chi connectivity index (χ4v) is 2.40. The van der Waals surface area contributed by atoms with E-state index in [0.717, 1.165) is 0 Å². The number of benzene rings is 1. The van der Waals surface area contributed by atoms with Gasteiger partial charge in [-0.2, -0.15) is 0 Å². The number of rotatable bonds is 5. The number of hydrogen-bond donors (Lipinski definition) is 1. The molecule has 0 atom stereocenters. The standard InChI is InChI=1S/C16H24N2O/c1-11(2)18-9-14(10-19-12(3)4)15-7-5-6-13(8-17)16(15)18/h5-7,9,11-12H,8,10,17H2,1-4H3. The van der Waals surface area contributed by atoms with Crippen molar-refractivity contribution in [3.8, 4) is 0 Å². The van der Waals surface area contributed by atoms with Crippen molar-refractivity contribution >= 4 is 10.9 Å². The molecular weight excluding hydrogens is 236 g/mol. The Morgan fingerprint density at radius 2 is 1.89 bits per heavy atom. The van der Waals surface area contributed by atoms with Gasteiger partial charge in [0.2, 0.25) is 0 Å². The number of fused-ring (bicyclic) bond motifs is 1. The van der Waals surface area contributed by atoms with E-state index in [1.165, 1.54) is 22.0 Å². The van der Waals surface area contributed by atoms with E-state index in [0.29, 0.717) is 19.2 Å². The van der Waals surface area contributed by atoms with Gasteiger partial charge in [0, 0.05) is 29.7 Å². The molecule has 104 valence electrons. The van der Waals surface area contributed by atoms with Crippen LogP contribution in [-0.4, -0.2) is 10.7 Å². The van der Waals surface area contributed by atoms with Crippen LogP contribution in [0.3, 0.4) is 0 Å². The summed E-state index contributed by atoms with van der Waals surface area (Å²) in [6.07, 6.45) is 2.45. The highest BCUT2D eigenvalue weighted by atomic mass is 16.5. The van der Waals surface area contributed by atoms with Gasteiger partial charge in [-0.15, -0.1) is 0 Å². The quantitative estimate of drug-likeness (QED) is 0.892. The molecule has 19 heavy (non-hydrogen) atoms. The number of hydrogen-bond acceptors (Lipinski definition) is 2. The van der Waals surface area contributed by atoms with Crippen LogP contribution in [0.2, 0.25) is 0 Å². The Balaban J connectivity index is 2.54. The van der Waals surface area contributed by atoms with E-state index in [2.05, 4.69) is 56.7 Å². The minimum atomic E-state index is 0.246. The van der Waals surface area contributed by atoms with Gasteiger partial charge in [0.15, 0.2) is 0 Å². The summed E-state index contributed by atoms with van der Waals surface area (Å²) in [7, 11) is 0. The first kappa shape index (κ1) is 14.1. The summed E-state index contributed by atoms with van der Waals surface area (Å²) in [5.41, 5.74) is 9.56. The molecule has 2 N–H and O–H groups in total. The molecule has 3 heteroatoms. The molecule has 0 bridgehead atoms. The minimum absolute atomic E-state index is 0.246. The van der Waals surface area contributed by atoms with Gasteiger partial charge in [-0.1, -0.05) is 18.2 Å². The van der Waals surface area contributed by atoms with Crippen LogP contribution in [0.5, 0.6) is 0 Å². The van der Waals surface area contributed by atoms with E-state index in [-0.39, 0.29) is 6.10 Å². The molecule has 2 aromatic rings. The molecule has 0 saturated heterocycles. The minimum Gasteiger partial charge on any atom is -0.374 e. The number of nitrogens with two attached hydrogens (primary N) is 1. The van der Waals surface area contributed by atoms with Gasteiger partial charge in [0.1, 0.15) is 0 Å². The summed E-state index contributed by atoms with van der Waals surface area (Å²) in [5.74, 6) is 0. The van der Waals surface area contributed by atoms with Crippen LogP contribution < -0.4 is 5.73 Å². The first-order valence-electron chi connectivity index (χ1n) is 6.97. The van der Waals surface area contributed by atoms with E-state index in [1.807, 2.05) is 0 Å². The Morgan fingerprint density at radius 3 is 2.47 bits per heavy atom. The molecule has 0 amide bonds. The summed E-state index contributed by atoms with van der Waals surface area (Å²) in [4.78, 5) is 0. The lowest BCUT2D eigenvalue weighted by Crippen LogP contribution is -2.04. The zero-order valence-corrected chi connectivity index (χ0v) is 12.3. The fraction of sp³-hybridized carbons (Fsp3) is 0.500. The summed E-state index contributed by atoms with van der Waals surface area (Å²) in [6, 6.07) is 6.76. The highest BCUT2D eigenvalue weighted by Gasteiger charge is 2.13. The zero-order chi connectivity index (χ0) is 14.0. The maximum Gasteiger partial charge on any atom is 0.0741 e. The molecule has 2 rings (SSSR count). The topological polar surface area (TPSA) is 40.2 Å². The lowest BCUT2D eigenvalue weighted by Gasteiger charge is -2.11. The average molecular weight is 260 g/mol. The lowest BCUT2D eigenvalue weighted by atomic mass is 10.1. The molecule has 0 unspecified atom stereocenters. The highest BCUT2D eigenvalue weighted by Crippen LogP contribution is 2.28. The predicted octanol–water partition coefficient (Wildman–Crippen LogP) is 3.61. The molecular formula is C16H24N2O. The van der Waals surface area contributed by atoms with E-state index >= 15 is 0 Å². The second kappa shape index (κ2) is 5.76. The molecule has 0 aliphatic rings. The smallest absolute Gasteiger partial charge is 0.0741 e. The number of aromatic nitrogens is 1.